The van der Waals surface area contributed by atoms with Gasteiger partial charge in [0.1, 0.15) is 5.82 Å². The van der Waals surface area contributed by atoms with Crippen LogP contribution in [0.25, 0.3) is 0 Å². The second-order valence-corrected chi connectivity index (χ2v) is 5.74. The van der Waals surface area contributed by atoms with Gasteiger partial charge in [0, 0.05) is 32.9 Å². The Morgan fingerprint density at radius 3 is 2.50 bits per heavy atom. The molecule has 0 fully saturated rings. The van der Waals surface area contributed by atoms with E-state index >= 15 is 0 Å². The minimum absolute atomic E-state index is 0.235. The maximum Gasteiger partial charge on any atom is 0.191 e. The molecule has 0 saturated carbocycles. The first-order valence-corrected chi connectivity index (χ1v) is 8.11. The number of hydrogen-bond acceptors (Lipinski definition) is 2. The molecule has 24 heavy (non-hydrogen) atoms. The minimum Gasteiger partial charge on any atom is -0.378 e. The van der Waals surface area contributed by atoms with E-state index in [0.29, 0.717) is 13.1 Å². The predicted octanol–water partition coefficient (Wildman–Crippen LogP) is 3.15. The molecule has 2 aromatic carbocycles. The van der Waals surface area contributed by atoms with Gasteiger partial charge in [0.2, 0.25) is 0 Å². The van der Waals surface area contributed by atoms with E-state index in [1.807, 2.05) is 33.2 Å². The number of rotatable bonds is 6. The van der Waals surface area contributed by atoms with Gasteiger partial charge in [0.15, 0.2) is 5.96 Å². The second kappa shape index (κ2) is 8.91. The summed E-state index contributed by atoms with van der Waals surface area (Å²) in [5, 5.41) is 6.52. The van der Waals surface area contributed by atoms with Crippen molar-refractivity contribution in [3.8, 4) is 0 Å². The molecule has 4 nitrogen and oxygen atoms in total. The molecular formula is C19H25FN4. The molecule has 0 radical (unpaired) electrons. The smallest absolute Gasteiger partial charge is 0.191 e. The lowest BCUT2D eigenvalue weighted by Gasteiger charge is -2.15. The molecule has 0 aliphatic heterocycles. The fraction of sp³-hybridized carbons (Fsp3) is 0.316. The molecule has 5 heteroatoms. The van der Waals surface area contributed by atoms with Crippen molar-refractivity contribution < 1.29 is 4.39 Å². The van der Waals surface area contributed by atoms with Gasteiger partial charge in [-0.15, -0.1) is 0 Å². The zero-order valence-electron chi connectivity index (χ0n) is 14.5. The molecule has 2 aromatic rings. The maximum absolute atomic E-state index is 13.2. The molecule has 2 N–H and O–H groups in total. The summed E-state index contributed by atoms with van der Waals surface area (Å²) < 4.78 is 13.2. The lowest BCUT2D eigenvalue weighted by molar-refractivity contribution is 0.625. The maximum atomic E-state index is 13.2. The van der Waals surface area contributed by atoms with E-state index in [0.717, 1.165) is 23.8 Å². The standard InChI is InChI=1S/C19H25FN4/c1-4-21-19(22-13-15-7-5-9-17(20)11-15)23-14-16-8-6-10-18(12-16)24(2)3/h5-12H,4,13-14H2,1-3H3,(H2,21,22,23). The molecule has 0 atom stereocenters. The van der Waals surface area contributed by atoms with Gasteiger partial charge in [-0.05, 0) is 42.3 Å². The lowest BCUT2D eigenvalue weighted by atomic mass is 10.2. The molecule has 0 saturated heterocycles. The summed E-state index contributed by atoms with van der Waals surface area (Å²) in [4.78, 5) is 6.59. The summed E-state index contributed by atoms with van der Waals surface area (Å²) in [5.41, 5.74) is 3.19. The van der Waals surface area contributed by atoms with Crippen LogP contribution < -0.4 is 15.5 Å². The van der Waals surface area contributed by atoms with E-state index in [2.05, 4.69) is 38.7 Å². The van der Waals surface area contributed by atoms with Crippen LogP contribution in [0, 0.1) is 5.82 Å². The number of benzene rings is 2. The largest absolute Gasteiger partial charge is 0.378 e. The van der Waals surface area contributed by atoms with Gasteiger partial charge in [-0.3, -0.25) is 0 Å². The van der Waals surface area contributed by atoms with E-state index in [-0.39, 0.29) is 5.82 Å². The number of hydrogen-bond donors (Lipinski definition) is 2. The Morgan fingerprint density at radius 1 is 1.04 bits per heavy atom. The van der Waals surface area contributed by atoms with Gasteiger partial charge < -0.3 is 15.5 Å². The Morgan fingerprint density at radius 2 is 1.79 bits per heavy atom. The molecule has 0 bridgehead atoms. The molecule has 0 amide bonds. The van der Waals surface area contributed by atoms with Crippen molar-refractivity contribution in [3.05, 3.63) is 65.5 Å². The van der Waals surface area contributed by atoms with E-state index in [1.54, 1.807) is 6.07 Å². The first-order valence-electron chi connectivity index (χ1n) is 8.11. The molecule has 0 spiro atoms. The van der Waals surface area contributed by atoms with Gasteiger partial charge in [-0.25, -0.2) is 9.38 Å². The SMILES string of the molecule is CCNC(=NCc1cccc(F)c1)NCc1cccc(N(C)C)c1. The zero-order chi connectivity index (χ0) is 17.4. The summed E-state index contributed by atoms with van der Waals surface area (Å²) in [6.45, 7) is 3.90. The first-order chi connectivity index (χ1) is 11.6. The summed E-state index contributed by atoms with van der Waals surface area (Å²) in [6.07, 6.45) is 0. The summed E-state index contributed by atoms with van der Waals surface area (Å²) >= 11 is 0. The highest BCUT2D eigenvalue weighted by Crippen LogP contribution is 2.13. The summed E-state index contributed by atoms with van der Waals surface area (Å²) in [5.74, 6) is 0.484. The molecule has 128 valence electrons. The minimum atomic E-state index is -0.235. The third-order valence-electron chi connectivity index (χ3n) is 3.54. The van der Waals surface area contributed by atoms with E-state index in [1.165, 1.54) is 17.7 Å². The Kier molecular flexibility index (Phi) is 6.61. The Bertz CT molecular complexity index is 683. The predicted molar refractivity (Wildman–Crippen MR) is 98.8 cm³/mol. The molecule has 0 aliphatic rings. The molecular weight excluding hydrogens is 303 g/mol. The number of nitrogens with zero attached hydrogens (tertiary/aromatic N) is 2. The number of guanidine groups is 1. The van der Waals surface area contributed by atoms with Crippen LogP contribution in [-0.4, -0.2) is 26.6 Å². The van der Waals surface area contributed by atoms with Gasteiger partial charge in [0.25, 0.3) is 0 Å². The van der Waals surface area contributed by atoms with Gasteiger partial charge in [-0.2, -0.15) is 0 Å². The van der Waals surface area contributed by atoms with Crippen molar-refractivity contribution in [2.75, 3.05) is 25.5 Å². The van der Waals surface area contributed by atoms with Crippen molar-refractivity contribution in [3.63, 3.8) is 0 Å². The second-order valence-electron chi connectivity index (χ2n) is 5.74. The van der Waals surface area contributed by atoms with Crippen molar-refractivity contribution in [1.82, 2.24) is 10.6 Å². The van der Waals surface area contributed by atoms with Gasteiger partial charge in [0.05, 0.1) is 6.54 Å². The Labute approximate surface area is 143 Å². The van der Waals surface area contributed by atoms with Crippen LogP contribution in [0.15, 0.2) is 53.5 Å². The van der Waals surface area contributed by atoms with Crippen LogP contribution in [0.1, 0.15) is 18.1 Å². The van der Waals surface area contributed by atoms with Crippen LogP contribution in [0.2, 0.25) is 0 Å². The highest BCUT2D eigenvalue weighted by Gasteiger charge is 2.01. The first kappa shape index (κ1) is 17.8. The van der Waals surface area contributed by atoms with E-state index < -0.39 is 0 Å². The molecule has 0 unspecified atom stereocenters. The third-order valence-corrected chi connectivity index (χ3v) is 3.54. The number of aliphatic imine (C=N–C) groups is 1. The van der Waals surface area contributed by atoms with Crippen LogP contribution in [-0.2, 0) is 13.1 Å². The molecule has 0 aromatic heterocycles. The average molecular weight is 328 g/mol. The average Bonchev–Trinajstić information content (AvgIpc) is 2.57. The number of halogens is 1. The quantitative estimate of drug-likeness (QED) is 0.632. The number of nitrogens with one attached hydrogen (secondary N) is 2. The highest BCUT2D eigenvalue weighted by molar-refractivity contribution is 5.79. The van der Waals surface area contributed by atoms with Crippen molar-refractivity contribution in [1.29, 1.82) is 0 Å². The summed E-state index contributed by atoms with van der Waals surface area (Å²) in [7, 11) is 4.05. The van der Waals surface area contributed by atoms with Gasteiger partial charge >= 0.3 is 0 Å². The van der Waals surface area contributed by atoms with Crippen LogP contribution in [0.4, 0.5) is 10.1 Å². The highest BCUT2D eigenvalue weighted by atomic mass is 19.1. The summed E-state index contributed by atoms with van der Waals surface area (Å²) in [6, 6.07) is 14.9. The Hall–Kier alpha value is -2.56. The normalized spacial score (nSPS) is 11.2. The van der Waals surface area contributed by atoms with Crippen LogP contribution >= 0.6 is 0 Å². The van der Waals surface area contributed by atoms with Crippen molar-refractivity contribution >= 4 is 11.6 Å². The van der Waals surface area contributed by atoms with Crippen LogP contribution in [0.5, 0.6) is 0 Å². The van der Waals surface area contributed by atoms with E-state index in [4.69, 9.17) is 0 Å². The van der Waals surface area contributed by atoms with Crippen molar-refractivity contribution in [2.24, 2.45) is 4.99 Å². The fourth-order valence-corrected chi connectivity index (χ4v) is 2.28. The van der Waals surface area contributed by atoms with Crippen molar-refractivity contribution in [2.45, 2.75) is 20.0 Å². The fourth-order valence-electron chi connectivity index (χ4n) is 2.28. The number of anilines is 1. The van der Waals surface area contributed by atoms with E-state index in [9.17, 15) is 4.39 Å². The molecule has 0 heterocycles. The topological polar surface area (TPSA) is 39.7 Å². The molecule has 0 aliphatic carbocycles. The lowest BCUT2D eigenvalue weighted by Crippen LogP contribution is -2.36. The third kappa shape index (κ3) is 5.57. The Balaban J connectivity index is 2.00. The zero-order valence-corrected chi connectivity index (χ0v) is 14.5. The monoisotopic (exact) mass is 328 g/mol. The van der Waals surface area contributed by atoms with Gasteiger partial charge in [-0.1, -0.05) is 24.3 Å². The molecule has 2 rings (SSSR count). The van der Waals surface area contributed by atoms with Crippen LogP contribution in [0.3, 0.4) is 0 Å².